The number of nitrogens with one attached hydrogen (secondary N) is 1. The van der Waals surface area contributed by atoms with Crippen LogP contribution in [0.3, 0.4) is 0 Å². The molecular weight excluding hydrogens is 437 g/mol. The smallest absolute Gasteiger partial charge is 0.254 e. The molecule has 0 aliphatic carbocycles. The molecular formula is C22H30FN3O3S2. The van der Waals surface area contributed by atoms with Gasteiger partial charge in [-0.3, -0.25) is 9.69 Å². The minimum Gasteiger partial charge on any atom is -0.352 e. The highest BCUT2D eigenvalue weighted by Crippen LogP contribution is 2.22. The molecule has 170 valence electrons. The zero-order valence-corrected chi connectivity index (χ0v) is 19.6. The lowest BCUT2D eigenvalue weighted by Crippen LogP contribution is -2.38. The number of amides is 1. The Kier molecular flexibility index (Phi) is 8.21. The number of likely N-dealkylation sites (tertiary alicyclic amines) is 1. The number of piperidine rings is 1. The Hall–Kier alpha value is -1.81. The summed E-state index contributed by atoms with van der Waals surface area (Å²) in [7, 11) is -3.76. The van der Waals surface area contributed by atoms with Gasteiger partial charge in [0.1, 0.15) is 5.82 Å². The lowest BCUT2D eigenvalue weighted by Gasteiger charge is -2.31. The predicted octanol–water partition coefficient (Wildman–Crippen LogP) is 3.56. The molecule has 0 unspecified atom stereocenters. The van der Waals surface area contributed by atoms with Crippen LogP contribution in [0.15, 0.2) is 40.6 Å². The quantitative estimate of drug-likeness (QED) is 0.612. The molecule has 0 atom stereocenters. The highest BCUT2D eigenvalue weighted by molar-refractivity contribution is 7.89. The molecule has 1 aromatic heterocycles. The zero-order valence-electron chi connectivity index (χ0n) is 18.0. The van der Waals surface area contributed by atoms with Crippen molar-refractivity contribution in [2.24, 2.45) is 5.92 Å². The molecule has 1 aromatic carbocycles. The van der Waals surface area contributed by atoms with Gasteiger partial charge in [0.05, 0.1) is 10.5 Å². The Morgan fingerprint density at radius 2 is 1.94 bits per heavy atom. The molecule has 3 rings (SSSR count). The fourth-order valence-corrected chi connectivity index (χ4v) is 6.09. The van der Waals surface area contributed by atoms with Crippen LogP contribution in [0.1, 0.15) is 41.9 Å². The SMILES string of the molecule is CCN(CC)S(=O)(=O)c1ccc(F)c(C(=O)NCC2CCN(Cc3cccs3)CC2)c1. The highest BCUT2D eigenvalue weighted by Gasteiger charge is 2.25. The van der Waals surface area contributed by atoms with Gasteiger partial charge in [0, 0.05) is 31.1 Å². The van der Waals surface area contributed by atoms with Gasteiger partial charge in [0.2, 0.25) is 10.0 Å². The molecule has 1 fully saturated rings. The molecule has 0 bridgehead atoms. The van der Waals surface area contributed by atoms with Crippen LogP contribution in [0.4, 0.5) is 4.39 Å². The Labute approximate surface area is 188 Å². The average molecular weight is 468 g/mol. The number of thiophene rings is 1. The van der Waals surface area contributed by atoms with Crippen molar-refractivity contribution in [2.75, 3.05) is 32.7 Å². The van der Waals surface area contributed by atoms with Crippen LogP contribution in [0.25, 0.3) is 0 Å². The van der Waals surface area contributed by atoms with Gasteiger partial charge in [-0.05, 0) is 61.5 Å². The minimum absolute atomic E-state index is 0.0652. The van der Waals surface area contributed by atoms with E-state index in [4.69, 9.17) is 0 Å². The van der Waals surface area contributed by atoms with Crippen molar-refractivity contribution in [3.8, 4) is 0 Å². The van der Waals surface area contributed by atoms with Crippen LogP contribution in [0, 0.1) is 11.7 Å². The molecule has 0 radical (unpaired) electrons. The van der Waals surface area contributed by atoms with Gasteiger partial charge in [-0.15, -0.1) is 11.3 Å². The van der Waals surface area contributed by atoms with Crippen LogP contribution >= 0.6 is 11.3 Å². The van der Waals surface area contributed by atoms with E-state index in [2.05, 4.69) is 27.7 Å². The number of nitrogens with zero attached hydrogens (tertiary/aromatic N) is 2. The number of sulfonamides is 1. The Morgan fingerprint density at radius 3 is 2.55 bits per heavy atom. The van der Waals surface area contributed by atoms with Crippen LogP contribution in [-0.2, 0) is 16.6 Å². The number of hydrogen-bond donors (Lipinski definition) is 1. The maximum absolute atomic E-state index is 14.3. The number of hydrogen-bond acceptors (Lipinski definition) is 5. The summed E-state index contributed by atoms with van der Waals surface area (Å²) in [4.78, 5) is 16.3. The summed E-state index contributed by atoms with van der Waals surface area (Å²) in [5.74, 6) is -0.967. The number of rotatable bonds is 9. The lowest BCUT2D eigenvalue weighted by molar-refractivity contribution is 0.0931. The van der Waals surface area contributed by atoms with Crippen molar-refractivity contribution in [2.45, 2.75) is 38.1 Å². The standard InChI is InChI=1S/C22H30FN3O3S2/c1-3-26(4-2)31(28,29)19-7-8-21(23)20(14-19)22(27)24-15-17-9-11-25(12-10-17)16-18-6-5-13-30-18/h5-8,13-14,17H,3-4,9-12,15-16H2,1-2H3,(H,24,27). The van der Waals surface area contributed by atoms with E-state index in [1.807, 2.05) is 0 Å². The normalized spacial score (nSPS) is 16.0. The van der Waals surface area contributed by atoms with Crippen molar-refractivity contribution in [3.63, 3.8) is 0 Å². The average Bonchev–Trinajstić information content (AvgIpc) is 3.27. The lowest BCUT2D eigenvalue weighted by atomic mass is 9.96. The molecule has 1 N–H and O–H groups in total. The number of halogens is 1. The third-order valence-corrected chi connectivity index (χ3v) is 8.65. The molecule has 0 saturated carbocycles. The summed E-state index contributed by atoms with van der Waals surface area (Å²) in [6, 6.07) is 7.60. The second-order valence-electron chi connectivity index (χ2n) is 7.74. The van der Waals surface area contributed by atoms with Crippen LogP contribution in [0.2, 0.25) is 0 Å². The van der Waals surface area contributed by atoms with Crippen molar-refractivity contribution in [1.82, 2.24) is 14.5 Å². The van der Waals surface area contributed by atoms with Gasteiger partial charge in [-0.1, -0.05) is 19.9 Å². The van der Waals surface area contributed by atoms with E-state index < -0.39 is 21.7 Å². The Balaban J connectivity index is 1.57. The maximum Gasteiger partial charge on any atom is 0.254 e. The van der Waals surface area contributed by atoms with Gasteiger partial charge in [0.25, 0.3) is 5.91 Å². The molecule has 1 aliphatic rings. The summed E-state index contributed by atoms with van der Waals surface area (Å²) in [6.45, 7) is 7.43. The second-order valence-corrected chi connectivity index (χ2v) is 10.7. The van der Waals surface area contributed by atoms with Crippen LogP contribution < -0.4 is 5.32 Å². The zero-order chi connectivity index (χ0) is 22.4. The van der Waals surface area contributed by atoms with E-state index in [0.29, 0.717) is 25.6 Å². The van der Waals surface area contributed by atoms with Gasteiger partial charge >= 0.3 is 0 Å². The first-order valence-corrected chi connectivity index (χ1v) is 13.0. The first-order chi connectivity index (χ1) is 14.8. The van der Waals surface area contributed by atoms with Crippen molar-refractivity contribution >= 4 is 27.3 Å². The van der Waals surface area contributed by atoms with Crippen molar-refractivity contribution in [3.05, 3.63) is 52.0 Å². The van der Waals surface area contributed by atoms with E-state index in [1.54, 1.807) is 25.2 Å². The molecule has 2 heterocycles. The Morgan fingerprint density at radius 1 is 1.23 bits per heavy atom. The molecule has 1 aliphatic heterocycles. The first-order valence-electron chi connectivity index (χ1n) is 10.7. The van der Waals surface area contributed by atoms with E-state index >= 15 is 0 Å². The fourth-order valence-electron chi connectivity index (χ4n) is 3.86. The highest BCUT2D eigenvalue weighted by atomic mass is 32.2. The number of benzene rings is 1. The van der Waals surface area contributed by atoms with Gasteiger partial charge < -0.3 is 5.32 Å². The summed E-state index contributed by atoms with van der Waals surface area (Å²) < 4.78 is 41.0. The van der Waals surface area contributed by atoms with E-state index in [1.165, 1.54) is 15.2 Å². The van der Waals surface area contributed by atoms with E-state index in [0.717, 1.165) is 44.6 Å². The summed E-state index contributed by atoms with van der Waals surface area (Å²) in [5, 5.41) is 4.88. The third kappa shape index (κ3) is 5.91. The topological polar surface area (TPSA) is 69.7 Å². The Bertz CT molecular complexity index is 968. The predicted molar refractivity (Wildman–Crippen MR) is 121 cm³/mol. The van der Waals surface area contributed by atoms with Gasteiger partial charge in [-0.25, -0.2) is 12.8 Å². The second kappa shape index (κ2) is 10.7. The molecule has 1 amide bonds. The molecule has 6 nitrogen and oxygen atoms in total. The molecule has 31 heavy (non-hydrogen) atoms. The fraction of sp³-hybridized carbons (Fsp3) is 0.500. The van der Waals surface area contributed by atoms with Crippen molar-refractivity contribution in [1.29, 1.82) is 0 Å². The van der Waals surface area contributed by atoms with Crippen molar-refractivity contribution < 1.29 is 17.6 Å². The van der Waals surface area contributed by atoms with Crippen LogP contribution in [0.5, 0.6) is 0 Å². The third-order valence-electron chi connectivity index (χ3n) is 5.74. The number of carbonyl (C=O) groups is 1. The summed E-state index contributed by atoms with van der Waals surface area (Å²) in [6.07, 6.45) is 1.93. The maximum atomic E-state index is 14.3. The largest absolute Gasteiger partial charge is 0.352 e. The summed E-state index contributed by atoms with van der Waals surface area (Å²) in [5.41, 5.74) is -0.233. The van der Waals surface area contributed by atoms with Gasteiger partial charge in [-0.2, -0.15) is 4.31 Å². The van der Waals surface area contributed by atoms with E-state index in [9.17, 15) is 17.6 Å². The van der Waals surface area contributed by atoms with E-state index in [-0.39, 0.29) is 10.5 Å². The summed E-state index contributed by atoms with van der Waals surface area (Å²) >= 11 is 1.76. The van der Waals surface area contributed by atoms with Crippen LogP contribution in [-0.4, -0.2) is 56.3 Å². The minimum atomic E-state index is -3.76. The molecule has 0 spiro atoms. The first kappa shape index (κ1) is 23.8. The molecule has 2 aromatic rings. The number of carbonyl (C=O) groups excluding carboxylic acids is 1. The molecule has 9 heteroatoms. The van der Waals surface area contributed by atoms with Gasteiger partial charge in [0.15, 0.2) is 0 Å². The monoisotopic (exact) mass is 467 g/mol. The molecule has 1 saturated heterocycles.